The molecule has 1 aliphatic heterocycles. The van der Waals surface area contributed by atoms with Gasteiger partial charge in [0.2, 0.25) is 0 Å². The fraction of sp³-hybridized carbons (Fsp3) is 0.588. The highest BCUT2D eigenvalue weighted by molar-refractivity contribution is 5.75. The summed E-state index contributed by atoms with van der Waals surface area (Å²) >= 11 is 0. The van der Waals surface area contributed by atoms with Crippen LogP contribution in [0.1, 0.15) is 44.7 Å². The lowest BCUT2D eigenvalue weighted by atomic mass is 10.1. The van der Waals surface area contributed by atoms with E-state index in [1.54, 1.807) is 24.0 Å². The predicted octanol–water partition coefficient (Wildman–Crippen LogP) is 2.84. The van der Waals surface area contributed by atoms with Gasteiger partial charge in [-0.05, 0) is 50.8 Å². The summed E-state index contributed by atoms with van der Waals surface area (Å²) in [4.78, 5) is 14.3. The second kappa shape index (κ2) is 7.64. The number of amides is 2. The normalized spacial score (nSPS) is 20.2. The Morgan fingerprint density at radius 2 is 2.26 bits per heavy atom. The Hall–Kier alpha value is -1.82. The van der Waals surface area contributed by atoms with Gasteiger partial charge in [0, 0.05) is 12.6 Å². The van der Waals surface area contributed by atoms with Crippen LogP contribution in [0.4, 0.5) is 9.18 Å². The molecule has 1 fully saturated rings. The van der Waals surface area contributed by atoms with Gasteiger partial charge < -0.3 is 20.1 Å². The summed E-state index contributed by atoms with van der Waals surface area (Å²) < 4.78 is 18.4. The molecule has 1 aliphatic rings. The van der Waals surface area contributed by atoms with Gasteiger partial charge in [0.05, 0.1) is 19.3 Å². The third-order valence-corrected chi connectivity index (χ3v) is 4.27. The lowest BCUT2D eigenvalue weighted by Gasteiger charge is -2.27. The van der Waals surface area contributed by atoms with Crippen LogP contribution < -0.4 is 10.1 Å². The molecule has 6 heteroatoms. The van der Waals surface area contributed by atoms with Crippen LogP contribution in [0.15, 0.2) is 18.2 Å². The second-order valence-corrected chi connectivity index (χ2v) is 6.14. The fourth-order valence-electron chi connectivity index (χ4n) is 3.04. The van der Waals surface area contributed by atoms with Crippen molar-refractivity contribution in [2.75, 3.05) is 13.7 Å². The molecule has 0 saturated carbocycles. The van der Waals surface area contributed by atoms with Crippen molar-refractivity contribution in [2.45, 2.75) is 51.3 Å². The SMILES string of the molecule is COc1cc(C(C)NC(=O)N2CCCC2CC(C)O)ccc1F. The smallest absolute Gasteiger partial charge is 0.318 e. The van der Waals surface area contributed by atoms with Crippen LogP contribution in [0.5, 0.6) is 5.75 Å². The molecule has 0 aliphatic carbocycles. The van der Waals surface area contributed by atoms with Crippen LogP contribution >= 0.6 is 0 Å². The monoisotopic (exact) mass is 324 g/mol. The number of nitrogens with one attached hydrogen (secondary N) is 1. The van der Waals surface area contributed by atoms with Crippen LogP contribution in [-0.4, -0.2) is 41.8 Å². The van der Waals surface area contributed by atoms with Gasteiger partial charge >= 0.3 is 6.03 Å². The summed E-state index contributed by atoms with van der Waals surface area (Å²) in [6.07, 6.45) is 2.03. The number of carbonyl (C=O) groups is 1. The number of ether oxygens (including phenoxy) is 1. The Labute approximate surface area is 136 Å². The minimum Gasteiger partial charge on any atom is -0.494 e. The fourth-order valence-corrected chi connectivity index (χ4v) is 3.04. The minimum absolute atomic E-state index is 0.0740. The van der Waals surface area contributed by atoms with E-state index in [4.69, 9.17) is 4.74 Å². The first-order valence-electron chi connectivity index (χ1n) is 8.01. The first kappa shape index (κ1) is 17.5. The van der Waals surface area contributed by atoms with Gasteiger partial charge in [-0.2, -0.15) is 0 Å². The van der Waals surface area contributed by atoms with Gasteiger partial charge in [-0.1, -0.05) is 6.07 Å². The van der Waals surface area contributed by atoms with Crippen molar-refractivity contribution < 1.29 is 19.0 Å². The number of urea groups is 1. The maximum atomic E-state index is 13.5. The molecule has 0 bridgehead atoms. The molecule has 23 heavy (non-hydrogen) atoms. The summed E-state index contributed by atoms with van der Waals surface area (Å²) in [5.41, 5.74) is 0.780. The molecule has 1 aromatic carbocycles. The van der Waals surface area contributed by atoms with E-state index in [0.29, 0.717) is 13.0 Å². The van der Waals surface area contributed by atoms with Gasteiger partial charge in [0.25, 0.3) is 0 Å². The van der Waals surface area contributed by atoms with Gasteiger partial charge in [0.15, 0.2) is 11.6 Å². The predicted molar refractivity (Wildman–Crippen MR) is 85.9 cm³/mol. The molecule has 128 valence electrons. The molecule has 5 nitrogen and oxygen atoms in total. The molecule has 0 aromatic heterocycles. The third-order valence-electron chi connectivity index (χ3n) is 4.27. The van der Waals surface area contributed by atoms with E-state index < -0.39 is 11.9 Å². The molecule has 1 saturated heterocycles. The van der Waals surface area contributed by atoms with Crippen molar-refractivity contribution in [1.29, 1.82) is 0 Å². The van der Waals surface area contributed by atoms with Crippen LogP contribution in [0, 0.1) is 5.82 Å². The number of hydrogen-bond donors (Lipinski definition) is 2. The maximum Gasteiger partial charge on any atom is 0.318 e. The van der Waals surface area contributed by atoms with Gasteiger partial charge in [-0.3, -0.25) is 0 Å². The van der Waals surface area contributed by atoms with E-state index in [0.717, 1.165) is 18.4 Å². The van der Waals surface area contributed by atoms with E-state index in [-0.39, 0.29) is 23.9 Å². The molecule has 1 heterocycles. The molecule has 0 radical (unpaired) electrons. The molecular formula is C17H25FN2O3. The minimum atomic E-state index is -0.425. The number of carbonyl (C=O) groups excluding carboxylic acids is 1. The topological polar surface area (TPSA) is 61.8 Å². The zero-order valence-corrected chi connectivity index (χ0v) is 13.9. The van der Waals surface area contributed by atoms with E-state index in [1.165, 1.54) is 13.2 Å². The lowest BCUT2D eigenvalue weighted by Crippen LogP contribution is -2.44. The standard InChI is InChI=1S/C17H25FN2O3/c1-11(21)9-14-5-4-8-20(14)17(22)19-12(2)13-6-7-15(18)16(10-13)23-3/h6-7,10-12,14,21H,4-5,8-9H2,1-3H3,(H,19,22). The lowest BCUT2D eigenvalue weighted by molar-refractivity contribution is 0.137. The Morgan fingerprint density at radius 1 is 1.52 bits per heavy atom. The van der Waals surface area contributed by atoms with Crippen LogP contribution in [0.25, 0.3) is 0 Å². The highest BCUT2D eigenvalue weighted by Gasteiger charge is 2.30. The van der Waals surface area contributed by atoms with Crippen LogP contribution in [0.2, 0.25) is 0 Å². The van der Waals surface area contributed by atoms with Crippen LogP contribution in [-0.2, 0) is 0 Å². The molecule has 3 unspecified atom stereocenters. The maximum absolute atomic E-state index is 13.5. The van der Waals surface area contributed by atoms with Crippen molar-refractivity contribution in [1.82, 2.24) is 10.2 Å². The summed E-state index contributed by atoms with van der Waals surface area (Å²) in [7, 11) is 1.41. The van der Waals surface area contributed by atoms with Crippen molar-refractivity contribution in [3.63, 3.8) is 0 Å². The largest absolute Gasteiger partial charge is 0.494 e. The van der Waals surface area contributed by atoms with Gasteiger partial charge in [0.1, 0.15) is 0 Å². The van der Waals surface area contributed by atoms with E-state index in [9.17, 15) is 14.3 Å². The van der Waals surface area contributed by atoms with E-state index in [2.05, 4.69) is 5.32 Å². The number of rotatable bonds is 5. The first-order valence-corrected chi connectivity index (χ1v) is 8.01. The number of benzene rings is 1. The number of hydrogen-bond acceptors (Lipinski definition) is 3. The number of halogens is 1. The summed E-state index contributed by atoms with van der Waals surface area (Å²) in [6, 6.07) is 4.24. The Bertz CT molecular complexity index is 551. The molecule has 1 aromatic rings. The van der Waals surface area contributed by atoms with Crippen molar-refractivity contribution in [3.05, 3.63) is 29.6 Å². The van der Waals surface area contributed by atoms with Crippen molar-refractivity contribution >= 4 is 6.03 Å². The molecule has 3 atom stereocenters. The Morgan fingerprint density at radius 3 is 2.91 bits per heavy atom. The average Bonchev–Trinajstić information content (AvgIpc) is 2.95. The van der Waals surface area contributed by atoms with E-state index in [1.807, 2.05) is 6.92 Å². The van der Waals surface area contributed by atoms with Crippen molar-refractivity contribution in [2.24, 2.45) is 0 Å². The molecule has 2 amide bonds. The number of aliphatic hydroxyl groups excluding tert-OH is 1. The summed E-state index contributed by atoms with van der Waals surface area (Å²) in [6.45, 7) is 4.29. The molecule has 2 rings (SSSR count). The highest BCUT2D eigenvalue weighted by Crippen LogP contribution is 2.25. The quantitative estimate of drug-likeness (QED) is 0.875. The second-order valence-electron chi connectivity index (χ2n) is 6.14. The molecular weight excluding hydrogens is 299 g/mol. The summed E-state index contributed by atoms with van der Waals surface area (Å²) in [5, 5.41) is 12.5. The van der Waals surface area contributed by atoms with Crippen LogP contribution in [0.3, 0.4) is 0 Å². The number of methoxy groups -OCH3 is 1. The molecule has 2 N–H and O–H groups in total. The number of aliphatic hydroxyl groups is 1. The third kappa shape index (κ3) is 4.34. The van der Waals surface area contributed by atoms with Crippen molar-refractivity contribution in [3.8, 4) is 5.75 Å². The number of likely N-dealkylation sites (tertiary alicyclic amines) is 1. The zero-order chi connectivity index (χ0) is 17.0. The zero-order valence-electron chi connectivity index (χ0n) is 13.9. The van der Waals surface area contributed by atoms with Gasteiger partial charge in [-0.15, -0.1) is 0 Å². The Balaban J connectivity index is 2.01. The highest BCUT2D eigenvalue weighted by atomic mass is 19.1. The Kier molecular flexibility index (Phi) is 5.82. The van der Waals surface area contributed by atoms with Gasteiger partial charge in [-0.25, -0.2) is 9.18 Å². The molecule has 0 spiro atoms. The summed E-state index contributed by atoms with van der Waals surface area (Å²) in [5.74, 6) is -0.261. The van der Waals surface area contributed by atoms with E-state index >= 15 is 0 Å². The first-order chi connectivity index (χ1) is 10.9. The average molecular weight is 324 g/mol. The number of nitrogens with zero attached hydrogens (tertiary/aromatic N) is 1.